The number of rotatable bonds is 5. The van der Waals surface area contributed by atoms with Gasteiger partial charge in [-0.05, 0) is 69.2 Å². The maximum atomic E-state index is 14.6. The van der Waals surface area contributed by atoms with E-state index in [4.69, 9.17) is 26.1 Å². The van der Waals surface area contributed by atoms with Gasteiger partial charge in [-0.1, -0.05) is 35.9 Å². The fourth-order valence-electron chi connectivity index (χ4n) is 6.19. The molecule has 4 atom stereocenters. The SMILES string of the molecule is COC1(C)C=C(OC(C)C)C2(C)C3=N[C@@H](c4ccc(Cl)cc4)[C@@H](c4cccc(F)c4)N3C(=O)N3CC(=O)NC1=C32. The molecule has 0 aromatic heterocycles. The number of amidine groups is 1. The van der Waals surface area contributed by atoms with Crippen LogP contribution in [0.15, 0.2) is 76.8 Å². The highest BCUT2D eigenvalue weighted by atomic mass is 35.5. The van der Waals surface area contributed by atoms with E-state index in [-0.39, 0.29) is 18.6 Å². The number of aliphatic imine (C=N–C) groups is 1. The molecule has 8 nitrogen and oxygen atoms in total. The smallest absolute Gasteiger partial charge is 0.330 e. The minimum absolute atomic E-state index is 0.187. The van der Waals surface area contributed by atoms with Crippen molar-refractivity contribution in [1.29, 1.82) is 0 Å². The van der Waals surface area contributed by atoms with Crippen molar-refractivity contribution in [3.05, 3.63) is 93.7 Å². The second-order valence-corrected chi connectivity index (χ2v) is 11.5. The van der Waals surface area contributed by atoms with E-state index >= 15 is 0 Å². The summed E-state index contributed by atoms with van der Waals surface area (Å²) in [5.74, 6) is 0.249. The zero-order valence-electron chi connectivity index (χ0n) is 22.9. The number of halogens is 2. The lowest BCUT2D eigenvalue weighted by Gasteiger charge is -2.54. The molecule has 3 amide bonds. The first-order chi connectivity index (χ1) is 19.0. The van der Waals surface area contributed by atoms with E-state index in [1.54, 1.807) is 36.3 Å². The molecule has 4 aliphatic rings. The molecule has 0 spiro atoms. The highest BCUT2D eigenvalue weighted by molar-refractivity contribution is 6.30. The van der Waals surface area contributed by atoms with Crippen LogP contribution in [0.5, 0.6) is 0 Å². The van der Waals surface area contributed by atoms with Gasteiger partial charge in [0.15, 0.2) is 0 Å². The second kappa shape index (κ2) is 9.17. The van der Waals surface area contributed by atoms with Gasteiger partial charge in [-0.25, -0.2) is 9.18 Å². The molecule has 208 valence electrons. The third-order valence-corrected chi connectivity index (χ3v) is 8.33. The third kappa shape index (κ3) is 3.78. The van der Waals surface area contributed by atoms with Gasteiger partial charge in [0.2, 0.25) is 5.91 Å². The summed E-state index contributed by atoms with van der Waals surface area (Å²) in [5.41, 5.74) is 0.296. The van der Waals surface area contributed by atoms with Crippen LogP contribution in [0.4, 0.5) is 9.18 Å². The number of fused-ring (bicyclic) bond motifs is 2. The summed E-state index contributed by atoms with van der Waals surface area (Å²) in [5, 5.41) is 3.54. The number of nitrogens with zero attached hydrogens (tertiary/aromatic N) is 3. The molecule has 6 rings (SSSR count). The van der Waals surface area contributed by atoms with Gasteiger partial charge in [-0.2, -0.15) is 0 Å². The molecule has 1 N–H and O–H groups in total. The summed E-state index contributed by atoms with van der Waals surface area (Å²) in [6, 6.07) is 11.8. The van der Waals surface area contributed by atoms with Crippen LogP contribution in [0.1, 0.15) is 50.9 Å². The first kappa shape index (κ1) is 26.5. The van der Waals surface area contributed by atoms with E-state index in [0.717, 1.165) is 5.56 Å². The van der Waals surface area contributed by atoms with Crippen LogP contribution in [0.25, 0.3) is 0 Å². The molecule has 1 saturated heterocycles. The molecule has 0 saturated carbocycles. The van der Waals surface area contributed by atoms with Crippen molar-refractivity contribution in [3.63, 3.8) is 0 Å². The quantitative estimate of drug-likeness (QED) is 0.521. The Bertz CT molecular complexity index is 1520. The van der Waals surface area contributed by atoms with E-state index in [0.29, 0.717) is 33.6 Å². The van der Waals surface area contributed by atoms with Crippen LogP contribution in [0, 0.1) is 11.2 Å². The minimum Gasteiger partial charge on any atom is -0.494 e. The van der Waals surface area contributed by atoms with E-state index in [1.807, 2.05) is 45.9 Å². The molecule has 2 unspecified atom stereocenters. The molecule has 2 aromatic carbocycles. The maximum absolute atomic E-state index is 14.6. The standard InChI is InChI=1S/C30H30ClFN4O4/c1-16(2)40-21-14-29(3,39-5)25-26-30(21,4)27-34-23(17-9-11-19(31)12-10-17)24(18-7-6-8-20(32)13-18)36(27)28(38)35(26)15-22(37)33-25/h6-14,16,23-24H,15H2,1-5H3,(H,33,37)/t23-,24+,29?,30?/m0/s1. The lowest BCUT2D eigenvalue weighted by molar-refractivity contribution is -0.123. The maximum Gasteiger partial charge on any atom is 0.330 e. The second-order valence-electron chi connectivity index (χ2n) is 11.1. The molecular formula is C30H30ClFN4O4. The number of carbonyl (C=O) groups excluding carboxylic acids is 2. The number of amides is 3. The molecule has 10 heteroatoms. The third-order valence-electron chi connectivity index (χ3n) is 8.08. The Morgan fingerprint density at radius 2 is 1.85 bits per heavy atom. The molecule has 0 radical (unpaired) electrons. The number of hydrogen-bond donors (Lipinski definition) is 1. The Labute approximate surface area is 237 Å². The number of ether oxygens (including phenoxy) is 2. The van der Waals surface area contributed by atoms with Gasteiger partial charge in [0.25, 0.3) is 0 Å². The summed E-state index contributed by atoms with van der Waals surface area (Å²) >= 11 is 6.20. The van der Waals surface area contributed by atoms with Crippen molar-refractivity contribution in [1.82, 2.24) is 15.1 Å². The molecular weight excluding hydrogens is 535 g/mol. The Hall–Kier alpha value is -3.69. The zero-order valence-corrected chi connectivity index (χ0v) is 23.6. The Morgan fingerprint density at radius 1 is 1.12 bits per heavy atom. The van der Waals surface area contributed by atoms with Gasteiger partial charge in [-0.15, -0.1) is 0 Å². The molecule has 40 heavy (non-hydrogen) atoms. The lowest BCUT2D eigenvalue weighted by Crippen LogP contribution is -2.66. The van der Waals surface area contributed by atoms with Crippen molar-refractivity contribution < 1.29 is 23.5 Å². The van der Waals surface area contributed by atoms with E-state index in [1.165, 1.54) is 17.0 Å². The number of nitrogens with one attached hydrogen (secondary N) is 1. The number of methoxy groups -OCH3 is 1. The number of urea groups is 1. The highest BCUT2D eigenvalue weighted by Crippen LogP contribution is 2.57. The summed E-state index contributed by atoms with van der Waals surface area (Å²) < 4.78 is 26.9. The van der Waals surface area contributed by atoms with E-state index < -0.39 is 34.9 Å². The Kier molecular flexibility index (Phi) is 6.08. The molecule has 3 heterocycles. The average Bonchev–Trinajstić information content (AvgIpc) is 3.32. The Morgan fingerprint density at radius 3 is 2.50 bits per heavy atom. The first-order valence-electron chi connectivity index (χ1n) is 13.2. The topological polar surface area (TPSA) is 83.5 Å². The molecule has 1 aliphatic carbocycles. The van der Waals surface area contributed by atoms with Crippen LogP contribution < -0.4 is 5.32 Å². The van der Waals surface area contributed by atoms with Crippen molar-refractivity contribution in [3.8, 4) is 0 Å². The predicted octanol–water partition coefficient (Wildman–Crippen LogP) is 5.49. The van der Waals surface area contributed by atoms with Crippen LogP contribution >= 0.6 is 11.6 Å². The van der Waals surface area contributed by atoms with Crippen LogP contribution in [0.3, 0.4) is 0 Å². The summed E-state index contributed by atoms with van der Waals surface area (Å²) in [6.45, 7) is 7.43. The highest BCUT2D eigenvalue weighted by Gasteiger charge is 2.63. The molecule has 2 aromatic rings. The van der Waals surface area contributed by atoms with Crippen LogP contribution in [-0.4, -0.2) is 52.9 Å². The monoisotopic (exact) mass is 564 g/mol. The number of benzene rings is 2. The van der Waals surface area contributed by atoms with Crippen LogP contribution in [0.2, 0.25) is 5.02 Å². The number of carbonyl (C=O) groups is 2. The van der Waals surface area contributed by atoms with Gasteiger partial charge in [-0.3, -0.25) is 19.6 Å². The normalized spacial score (nSPS) is 29.2. The first-order valence-corrected chi connectivity index (χ1v) is 13.6. The van der Waals surface area contributed by atoms with Gasteiger partial charge >= 0.3 is 6.03 Å². The van der Waals surface area contributed by atoms with Gasteiger partial charge in [0, 0.05) is 12.1 Å². The Balaban J connectivity index is 1.64. The average molecular weight is 565 g/mol. The minimum atomic E-state index is -1.06. The summed E-state index contributed by atoms with van der Waals surface area (Å²) in [4.78, 5) is 35.7. The fraction of sp³-hybridized carbons (Fsp3) is 0.367. The van der Waals surface area contributed by atoms with Crippen molar-refractivity contribution in [2.45, 2.75) is 51.5 Å². The van der Waals surface area contributed by atoms with Crippen LogP contribution in [-0.2, 0) is 14.3 Å². The van der Waals surface area contributed by atoms with E-state index in [2.05, 4.69) is 5.32 Å². The summed E-state index contributed by atoms with van der Waals surface area (Å²) in [6.07, 6.45) is 1.65. The summed E-state index contributed by atoms with van der Waals surface area (Å²) in [7, 11) is 1.55. The zero-order chi connectivity index (χ0) is 28.6. The van der Waals surface area contributed by atoms with Crippen molar-refractivity contribution in [2.75, 3.05) is 13.7 Å². The van der Waals surface area contributed by atoms with Crippen molar-refractivity contribution in [2.24, 2.45) is 10.4 Å². The predicted molar refractivity (Wildman–Crippen MR) is 148 cm³/mol. The molecule has 0 bridgehead atoms. The lowest BCUT2D eigenvalue weighted by atomic mass is 9.71. The van der Waals surface area contributed by atoms with Gasteiger partial charge < -0.3 is 14.8 Å². The van der Waals surface area contributed by atoms with Gasteiger partial charge in [0.1, 0.15) is 41.0 Å². The van der Waals surface area contributed by atoms with Gasteiger partial charge in [0.05, 0.1) is 23.5 Å². The van der Waals surface area contributed by atoms with E-state index in [9.17, 15) is 14.0 Å². The number of hydrogen-bond acceptors (Lipinski definition) is 5. The largest absolute Gasteiger partial charge is 0.494 e. The molecule has 3 aliphatic heterocycles. The molecule has 1 fully saturated rings. The fourth-order valence-corrected chi connectivity index (χ4v) is 6.32. The van der Waals surface area contributed by atoms with Crippen molar-refractivity contribution >= 4 is 29.4 Å².